The van der Waals surface area contributed by atoms with E-state index in [1.165, 1.54) is 11.1 Å². The molecule has 1 fully saturated rings. The highest BCUT2D eigenvalue weighted by Crippen LogP contribution is 2.24. The molecule has 7 heteroatoms. The minimum atomic E-state index is -0.0153. The van der Waals surface area contributed by atoms with Gasteiger partial charge in [0.15, 0.2) is 5.65 Å². The van der Waals surface area contributed by atoms with Crippen molar-refractivity contribution >= 4 is 28.8 Å². The first-order chi connectivity index (χ1) is 16.4. The molecule has 34 heavy (non-hydrogen) atoms. The summed E-state index contributed by atoms with van der Waals surface area (Å²) in [5.41, 5.74) is 7.87. The number of halogens is 1. The van der Waals surface area contributed by atoms with E-state index >= 15 is 0 Å². The molecule has 0 bridgehead atoms. The fraction of sp³-hybridized carbons (Fsp3) is 0.296. The van der Waals surface area contributed by atoms with Crippen LogP contribution in [0.1, 0.15) is 38.4 Å². The Bertz CT molecular complexity index is 1370. The Morgan fingerprint density at radius 1 is 1.00 bits per heavy atom. The first-order valence-electron chi connectivity index (χ1n) is 11.6. The van der Waals surface area contributed by atoms with E-state index in [1.54, 1.807) is 6.20 Å². The van der Waals surface area contributed by atoms with Crippen molar-refractivity contribution in [1.82, 2.24) is 19.5 Å². The third kappa shape index (κ3) is 4.26. The second kappa shape index (κ2) is 9.11. The summed E-state index contributed by atoms with van der Waals surface area (Å²) in [7, 11) is 0. The molecule has 0 spiro atoms. The molecule has 0 unspecified atom stereocenters. The van der Waals surface area contributed by atoms with Crippen molar-refractivity contribution in [1.29, 1.82) is 0 Å². The molecule has 0 saturated carbocycles. The number of rotatable bonds is 4. The van der Waals surface area contributed by atoms with Gasteiger partial charge >= 0.3 is 0 Å². The normalized spacial score (nSPS) is 14.1. The van der Waals surface area contributed by atoms with Crippen LogP contribution in [0.5, 0.6) is 0 Å². The Labute approximate surface area is 204 Å². The fourth-order valence-electron chi connectivity index (χ4n) is 4.75. The van der Waals surface area contributed by atoms with E-state index in [9.17, 15) is 4.79 Å². The third-order valence-electron chi connectivity index (χ3n) is 6.64. The van der Waals surface area contributed by atoms with E-state index in [4.69, 9.17) is 16.6 Å². The van der Waals surface area contributed by atoms with Gasteiger partial charge in [-0.2, -0.15) is 5.10 Å². The standard InChI is InChI=1S/C27H28ClN5O/c1-18-6-4-7-21(14-18)15-24-19(2)30-26-25(17-29-33(26)20(24)3)27(34)32-12-10-31(11-13-32)23-9-5-8-22(28)16-23/h4-9,14,16-17H,10-13,15H2,1-3H3. The van der Waals surface area contributed by atoms with Gasteiger partial charge in [-0.15, -0.1) is 0 Å². The second-order valence-electron chi connectivity index (χ2n) is 8.98. The number of nitrogens with zero attached hydrogens (tertiary/aromatic N) is 5. The number of fused-ring (bicyclic) bond motifs is 1. The van der Waals surface area contributed by atoms with Gasteiger partial charge < -0.3 is 9.80 Å². The first-order valence-corrected chi connectivity index (χ1v) is 12.0. The number of amides is 1. The van der Waals surface area contributed by atoms with E-state index < -0.39 is 0 Å². The van der Waals surface area contributed by atoms with Crippen molar-refractivity contribution < 1.29 is 4.79 Å². The molecule has 1 aliphatic heterocycles. The predicted molar refractivity (Wildman–Crippen MR) is 136 cm³/mol. The number of hydrogen-bond acceptors (Lipinski definition) is 4. The SMILES string of the molecule is Cc1cccc(Cc2c(C)nc3c(C(=O)N4CCN(c5cccc(Cl)c5)CC4)cnn3c2C)c1. The monoisotopic (exact) mass is 473 g/mol. The maximum Gasteiger partial charge on any atom is 0.259 e. The highest BCUT2D eigenvalue weighted by Gasteiger charge is 2.26. The molecule has 6 nitrogen and oxygen atoms in total. The Hall–Kier alpha value is -3.38. The number of piperazine rings is 1. The molecule has 3 heterocycles. The first kappa shape index (κ1) is 22.4. The summed E-state index contributed by atoms with van der Waals surface area (Å²) in [6.07, 6.45) is 2.45. The Morgan fingerprint density at radius 2 is 1.76 bits per heavy atom. The predicted octanol–water partition coefficient (Wildman–Crippen LogP) is 4.86. The van der Waals surface area contributed by atoms with Crippen LogP contribution in [-0.4, -0.2) is 51.6 Å². The summed E-state index contributed by atoms with van der Waals surface area (Å²) in [6, 6.07) is 16.4. The van der Waals surface area contributed by atoms with Gasteiger partial charge in [0.1, 0.15) is 5.56 Å². The van der Waals surface area contributed by atoms with E-state index in [0.29, 0.717) is 24.3 Å². The van der Waals surface area contributed by atoms with Gasteiger partial charge in [0, 0.05) is 54.7 Å². The molecule has 0 radical (unpaired) electrons. The second-order valence-corrected chi connectivity index (χ2v) is 9.42. The Kier molecular flexibility index (Phi) is 6.00. The van der Waals surface area contributed by atoms with E-state index in [2.05, 4.69) is 54.2 Å². The van der Waals surface area contributed by atoms with Crippen molar-refractivity contribution in [3.8, 4) is 0 Å². The minimum absolute atomic E-state index is 0.0153. The van der Waals surface area contributed by atoms with Crippen molar-refractivity contribution in [3.05, 3.63) is 93.4 Å². The summed E-state index contributed by atoms with van der Waals surface area (Å²) >= 11 is 6.15. The van der Waals surface area contributed by atoms with Crippen molar-refractivity contribution in [2.75, 3.05) is 31.1 Å². The van der Waals surface area contributed by atoms with Gasteiger partial charge in [-0.3, -0.25) is 4.79 Å². The highest BCUT2D eigenvalue weighted by atomic mass is 35.5. The largest absolute Gasteiger partial charge is 0.368 e. The van der Waals surface area contributed by atoms with Gasteiger partial charge in [0.2, 0.25) is 0 Å². The molecular formula is C27H28ClN5O. The average Bonchev–Trinajstić information content (AvgIpc) is 3.25. The molecule has 1 aliphatic rings. The Balaban J connectivity index is 1.36. The maximum atomic E-state index is 13.4. The lowest BCUT2D eigenvalue weighted by molar-refractivity contribution is 0.0748. The molecule has 0 aliphatic carbocycles. The fourth-order valence-corrected chi connectivity index (χ4v) is 4.94. The van der Waals surface area contributed by atoms with Crippen molar-refractivity contribution in [2.24, 2.45) is 0 Å². The number of carbonyl (C=O) groups excluding carboxylic acids is 1. The molecular weight excluding hydrogens is 446 g/mol. The maximum absolute atomic E-state index is 13.4. The summed E-state index contributed by atoms with van der Waals surface area (Å²) in [5, 5.41) is 5.27. The number of anilines is 1. The lowest BCUT2D eigenvalue weighted by Crippen LogP contribution is -2.48. The zero-order valence-electron chi connectivity index (χ0n) is 19.8. The van der Waals surface area contributed by atoms with Crippen LogP contribution in [-0.2, 0) is 6.42 Å². The van der Waals surface area contributed by atoms with E-state index in [0.717, 1.165) is 47.2 Å². The van der Waals surface area contributed by atoms with Crippen LogP contribution in [0, 0.1) is 20.8 Å². The smallest absolute Gasteiger partial charge is 0.259 e. The van der Waals surface area contributed by atoms with Gasteiger partial charge in [-0.05, 0) is 50.1 Å². The lowest BCUT2D eigenvalue weighted by Gasteiger charge is -2.36. The third-order valence-corrected chi connectivity index (χ3v) is 6.88. The van der Waals surface area contributed by atoms with Crippen LogP contribution in [0.4, 0.5) is 5.69 Å². The van der Waals surface area contributed by atoms with Crippen LogP contribution in [0.2, 0.25) is 5.02 Å². The molecule has 5 rings (SSSR count). The zero-order valence-corrected chi connectivity index (χ0v) is 20.5. The van der Waals surface area contributed by atoms with Crippen LogP contribution in [0.25, 0.3) is 5.65 Å². The number of aromatic nitrogens is 3. The molecule has 4 aromatic rings. The van der Waals surface area contributed by atoms with Crippen molar-refractivity contribution in [3.63, 3.8) is 0 Å². The van der Waals surface area contributed by atoms with Crippen molar-refractivity contribution in [2.45, 2.75) is 27.2 Å². The number of aryl methyl sites for hydroxylation is 3. The molecule has 2 aromatic carbocycles. The number of carbonyl (C=O) groups is 1. The van der Waals surface area contributed by atoms with Gasteiger partial charge in [0.05, 0.1) is 6.20 Å². The van der Waals surface area contributed by atoms with Gasteiger partial charge in [0.25, 0.3) is 5.91 Å². The Morgan fingerprint density at radius 3 is 2.50 bits per heavy atom. The van der Waals surface area contributed by atoms with Gasteiger partial charge in [-0.1, -0.05) is 47.5 Å². The van der Waals surface area contributed by atoms with Gasteiger partial charge in [-0.25, -0.2) is 9.50 Å². The van der Waals surface area contributed by atoms with Crippen LogP contribution < -0.4 is 4.90 Å². The minimum Gasteiger partial charge on any atom is -0.368 e. The molecule has 174 valence electrons. The van der Waals surface area contributed by atoms with Crippen LogP contribution in [0.15, 0.2) is 54.7 Å². The lowest BCUT2D eigenvalue weighted by atomic mass is 10.0. The van der Waals surface area contributed by atoms with Crippen LogP contribution in [0.3, 0.4) is 0 Å². The summed E-state index contributed by atoms with van der Waals surface area (Å²) in [4.78, 5) is 22.4. The van der Waals surface area contributed by atoms with E-state index in [1.807, 2.05) is 34.5 Å². The highest BCUT2D eigenvalue weighted by molar-refractivity contribution is 6.30. The quantitative estimate of drug-likeness (QED) is 0.424. The summed E-state index contributed by atoms with van der Waals surface area (Å²) in [6.45, 7) is 8.98. The number of benzene rings is 2. The molecule has 1 amide bonds. The van der Waals surface area contributed by atoms with Crippen LogP contribution >= 0.6 is 11.6 Å². The van der Waals surface area contributed by atoms with E-state index in [-0.39, 0.29) is 5.91 Å². The molecule has 0 atom stereocenters. The molecule has 0 N–H and O–H groups in total. The molecule has 2 aromatic heterocycles. The zero-order chi connectivity index (χ0) is 23.8. The average molecular weight is 474 g/mol. The summed E-state index contributed by atoms with van der Waals surface area (Å²) < 4.78 is 1.81. The molecule has 1 saturated heterocycles. The summed E-state index contributed by atoms with van der Waals surface area (Å²) in [5.74, 6) is -0.0153. The number of hydrogen-bond donors (Lipinski definition) is 0. The topological polar surface area (TPSA) is 53.7 Å².